The third-order valence-electron chi connectivity index (χ3n) is 5.24. The van der Waals surface area contributed by atoms with Crippen molar-refractivity contribution in [2.45, 2.75) is 25.2 Å². The Morgan fingerprint density at radius 1 is 0.889 bits per heavy atom. The second kappa shape index (κ2) is 7.28. The van der Waals surface area contributed by atoms with Crippen LogP contribution in [0, 0.1) is 22.7 Å². The summed E-state index contributed by atoms with van der Waals surface area (Å²) in [5.41, 5.74) is 7.89. The van der Waals surface area contributed by atoms with E-state index in [2.05, 4.69) is 42.5 Å². The highest BCUT2D eigenvalue weighted by atomic mass is 35.5. The van der Waals surface area contributed by atoms with E-state index in [9.17, 15) is 10.5 Å². The average molecular weight is 369 g/mol. The van der Waals surface area contributed by atoms with Crippen LogP contribution in [0.25, 0.3) is 11.1 Å². The van der Waals surface area contributed by atoms with E-state index in [0.29, 0.717) is 0 Å². The van der Waals surface area contributed by atoms with E-state index in [1.165, 1.54) is 11.1 Å². The molecule has 0 unspecified atom stereocenters. The maximum Gasteiger partial charge on any atom is 0.158 e. The summed E-state index contributed by atoms with van der Waals surface area (Å²) in [6.45, 7) is 0. The predicted octanol–water partition coefficient (Wildman–Crippen LogP) is 5.83. The first-order valence-corrected chi connectivity index (χ1v) is 9.35. The predicted molar refractivity (Wildman–Crippen MR) is 108 cm³/mol. The van der Waals surface area contributed by atoms with Crippen LogP contribution in [0.3, 0.4) is 0 Å². The molecule has 130 valence electrons. The second-order valence-electron chi connectivity index (χ2n) is 6.82. The van der Waals surface area contributed by atoms with Crippen LogP contribution in [0.2, 0.25) is 5.02 Å². The summed E-state index contributed by atoms with van der Waals surface area (Å²) in [5.74, 6) is -0.747. The maximum atomic E-state index is 9.58. The molecule has 0 aromatic heterocycles. The smallest absolute Gasteiger partial charge is 0.158 e. The lowest BCUT2D eigenvalue weighted by molar-refractivity contribution is 0.917. The zero-order valence-electron chi connectivity index (χ0n) is 14.7. The summed E-state index contributed by atoms with van der Waals surface area (Å²) >= 11 is 6.10. The maximum absolute atomic E-state index is 9.58. The van der Waals surface area contributed by atoms with Gasteiger partial charge in [0, 0.05) is 5.02 Å². The number of halogens is 1. The molecule has 1 aliphatic carbocycles. The minimum Gasteiger partial charge on any atom is -0.196 e. The first kappa shape index (κ1) is 17.3. The molecule has 3 aromatic carbocycles. The van der Waals surface area contributed by atoms with E-state index in [4.69, 9.17) is 11.6 Å². The van der Waals surface area contributed by atoms with Crippen molar-refractivity contribution in [1.82, 2.24) is 0 Å². The van der Waals surface area contributed by atoms with Crippen molar-refractivity contribution in [3.8, 4) is 23.3 Å². The summed E-state index contributed by atoms with van der Waals surface area (Å²) in [4.78, 5) is 0. The Labute approximate surface area is 164 Å². The summed E-state index contributed by atoms with van der Waals surface area (Å²) in [6.07, 6.45) is 2.38. The molecule has 0 saturated heterocycles. The molecule has 0 amide bonds. The summed E-state index contributed by atoms with van der Waals surface area (Å²) in [5, 5.41) is 19.9. The second-order valence-corrected chi connectivity index (χ2v) is 7.26. The topological polar surface area (TPSA) is 47.6 Å². The molecule has 0 aliphatic heterocycles. The van der Waals surface area contributed by atoms with Crippen LogP contribution in [0.5, 0.6) is 0 Å². The fourth-order valence-electron chi connectivity index (χ4n) is 3.99. The van der Waals surface area contributed by atoms with Crippen molar-refractivity contribution in [3.63, 3.8) is 0 Å². The molecule has 0 saturated carbocycles. The molecule has 3 aromatic rings. The molecule has 0 fully saturated rings. The fourth-order valence-corrected chi connectivity index (χ4v) is 4.20. The van der Waals surface area contributed by atoms with Gasteiger partial charge < -0.3 is 0 Å². The number of aryl methyl sites for hydroxylation is 2. The minimum atomic E-state index is -0.747. The molecule has 0 N–H and O–H groups in total. The SMILES string of the molecule is N#CC(C#N)c1c(CCc2cccc(Cl)c2)ccc2c1Cc1ccccc1-2. The number of benzene rings is 3. The van der Waals surface area contributed by atoms with Gasteiger partial charge in [0.1, 0.15) is 0 Å². The lowest BCUT2D eigenvalue weighted by Gasteiger charge is -2.15. The summed E-state index contributed by atoms with van der Waals surface area (Å²) in [6, 6.07) is 24.8. The van der Waals surface area contributed by atoms with Crippen molar-refractivity contribution in [2.75, 3.05) is 0 Å². The Morgan fingerprint density at radius 3 is 2.48 bits per heavy atom. The zero-order valence-corrected chi connectivity index (χ0v) is 15.5. The van der Waals surface area contributed by atoms with Gasteiger partial charge in [0.15, 0.2) is 5.92 Å². The highest BCUT2D eigenvalue weighted by Gasteiger charge is 2.26. The Kier molecular flexibility index (Phi) is 4.68. The number of hydrogen-bond acceptors (Lipinski definition) is 2. The first-order chi connectivity index (χ1) is 13.2. The van der Waals surface area contributed by atoms with Gasteiger partial charge in [-0.25, -0.2) is 0 Å². The molecule has 3 heteroatoms. The van der Waals surface area contributed by atoms with E-state index in [1.807, 2.05) is 30.3 Å². The number of nitriles is 2. The largest absolute Gasteiger partial charge is 0.196 e. The lowest BCUT2D eigenvalue weighted by atomic mass is 9.86. The highest BCUT2D eigenvalue weighted by Crippen LogP contribution is 2.41. The molecule has 0 bridgehead atoms. The zero-order chi connectivity index (χ0) is 18.8. The van der Waals surface area contributed by atoms with E-state index in [1.54, 1.807) is 0 Å². The molecule has 27 heavy (non-hydrogen) atoms. The van der Waals surface area contributed by atoms with Crippen LogP contribution in [-0.2, 0) is 19.3 Å². The van der Waals surface area contributed by atoms with Crippen molar-refractivity contribution in [1.29, 1.82) is 10.5 Å². The Morgan fingerprint density at radius 2 is 1.70 bits per heavy atom. The van der Waals surface area contributed by atoms with E-state index in [-0.39, 0.29) is 0 Å². The monoisotopic (exact) mass is 368 g/mol. The van der Waals surface area contributed by atoms with E-state index in [0.717, 1.165) is 52.1 Å². The fraction of sp³-hybridized carbons (Fsp3) is 0.167. The Bertz CT molecular complexity index is 1090. The Balaban J connectivity index is 1.75. The van der Waals surface area contributed by atoms with Gasteiger partial charge in [0.25, 0.3) is 0 Å². The highest BCUT2D eigenvalue weighted by molar-refractivity contribution is 6.30. The molecule has 0 heterocycles. The molecular formula is C24H17ClN2. The summed E-state index contributed by atoms with van der Waals surface area (Å²) < 4.78 is 0. The van der Waals surface area contributed by atoms with Gasteiger partial charge in [-0.1, -0.05) is 60.1 Å². The average Bonchev–Trinajstić information content (AvgIpc) is 3.07. The van der Waals surface area contributed by atoms with Crippen LogP contribution >= 0.6 is 11.6 Å². The van der Waals surface area contributed by atoms with E-state index >= 15 is 0 Å². The van der Waals surface area contributed by atoms with Gasteiger partial charge in [0.2, 0.25) is 0 Å². The van der Waals surface area contributed by atoms with Gasteiger partial charge in [0.05, 0.1) is 12.1 Å². The van der Waals surface area contributed by atoms with Crippen molar-refractivity contribution >= 4 is 11.6 Å². The molecule has 0 spiro atoms. The van der Waals surface area contributed by atoms with Gasteiger partial charge in [-0.05, 0) is 70.3 Å². The molecule has 0 radical (unpaired) electrons. The molecule has 0 atom stereocenters. The quantitative estimate of drug-likeness (QED) is 0.455. The molecule has 1 aliphatic rings. The van der Waals surface area contributed by atoms with Gasteiger partial charge in [-0.3, -0.25) is 0 Å². The number of rotatable bonds is 4. The van der Waals surface area contributed by atoms with Crippen molar-refractivity contribution in [3.05, 3.63) is 93.5 Å². The van der Waals surface area contributed by atoms with Gasteiger partial charge in [-0.2, -0.15) is 10.5 Å². The van der Waals surface area contributed by atoms with Crippen LogP contribution in [0.4, 0.5) is 0 Å². The third-order valence-corrected chi connectivity index (χ3v) is 5.48. The van der Waals surface area contributed by atoms with Crippen LogP contribution in [0.1, 0.15) is 33.7 Å². The van der Waals surface area contributed by atoms with Gasteiger partial charge >= 0.3 is 0 Å². The van der Waals surface area contributed by atoms with Crippen LogP contribution in [0.15, 0.2) is 60.7 Å². The van der Waals surface area contributed by atoms with Crippen LogP contribution in [-0.4, -0.2) is 0 Å². The van der Waals surface area contributed by atoms with Crippen LogP contribution < -0.4 is 0 Å². The van der Waals surface area contributed by atoms with E-state index < -0.39 is 5.92 Å². The van der Waals surface area contributed by atoms with Crippen molar-refractivity contribution in [2.24, 2.45) is 0 Å². The third kappa shape index (κ3) is 3.21. The normalized spacial score (nSPS) is 11.6. The molecule has 4 rings (SSSR count). The first-order valence-electron chi connectivity index (χ1n) is 8.98. The van der Waals surface area contributed by atoms with Gasteiger partial charge in [-0.15, -0.1) is 0 Å². The number of nitrogens with zero attached hydrogens (tertiary/aromatic N) is 2. The summed E-state index contributed by atoms with van der Waals surface area (Å²) in [7, 11) is 0. The lowest BCUT2D eigenvalue weighted by Crippen LogP contribution is -2.05. The number of fused-ring (bicyclic) bond motifs is 3. The number of hydrogen-bond donors (Lipinski definition) is 0. The molecular weight excluding hydrogens is 352 g/mol. The molecule has 2 nitrogen and oxygen atoms in total. The van der Waals surface area contributed by atoms with Crippen molar-refractivity contribution < 1.29 is 0 Å². The Hall–Kier alpha value is -3.07. The minimum absolute atomic E-state index is 0.726. The standard InChI is InChI=1S/C24H17ClN2/c25-20-6-3-4-16(12-20)8-9-17-10-11-22-21-7-2-1-5-18(21)13-23(22)24(17)19(14-26)15-27/h1-7,10-12,19H,8-9,13H2.